The maximum absolute atomic E-state index is 12.2. The van der Waals surface area contributed by atoms with Gasteiger partial charge in [0.1, 0.15) is 6.33 Å². The van der Waals surface area contributed by atoms with Crippen LogP contribution >= 0.6 is 35.0 Å². The Kier molecular flexibility index (Phi) is 5.66. The molecule has 1 amide bonds. The Bertz CT molecular complexity index is 676. The van der Waals surface area contributed by atoms with E-state index in [2.05, 4.69) is 20.5 Å². The zero-order chi connectivity index (χ0) is 16.3. The molecular formula is C13H15Cl2N5OS. The van der Waals surface area contributed by atoms with Gasteiger partial charge in [-0.25, -0.2) is 4.98 Å². The molecule has 0 aliphatic carbocycles. The highest BCUT2D eigenvalue weighted by atomic mass is 35.5. The van der Waals surface area contributed by atoms with Crippen molar-refractivity contribution in [1.82, 2.24) is 19.7 Å². The number of hydrogen-bond acceptors (Lipinski definition) is 5. The van der Waals surface area contributed by atoms with Crippen molar-refractivity contribution in [2.45, 2.75) is 37.2 Å². The molecule has 0 unspecified atom stereocenters. The first-order valence-corrected chi connectivity index (χ1v) is 8.20. The van der Waals surface area contributed by atoms with Crippen LogP contribution in [0.5, 0.6) is 0 Å². The van der Waals surface area contributed by atoms with Crippen LogP contribution in [-0.4, -0.2) is 30.9 Å². The lowest BCUT2D eigenvalue weighted by Crippen LogP contribution is -2.23. The standard InChI is InChI=1S/C13H15Cl2N5OS/c1-7(2)20-6-17-19-13(20)22-8(3)12(21)18-11-10(15)4-9(14)5-16-11/h4-8H,1-3H3,(H,16,18,21)/t8-/m0/s1. The van der Waals surface area contributed by atoms with E-state index in [1.165, 1.54) is 24.0 Å². The van der Waals surface area contributed by atoms with Crippen molar-refractivity contribution in [2.24, 2.45) is 0 Å². The molecule has 0 aliphatic rings. The summed E-state index contributed by atoms with van der Waals surface area (Å²) in [7, 11) is 0. The summed E-state index contributed by atoms with van der Waals surface area (Å²) >= 11 is 13.1. The fourth-order valence-corrected chi connectivity index (χ4v) is 2.99. The average Bonchev–Trinajstić information content (AvgIpc) is 2.90. The maximum Gasteiger partial charge on any atom is 0.238 e. The van der Waals surface area contributed by atoms with Crippen LogP contribution in [0.1, 0.15) is 26.8 Å². The number of amides is 1. The highest BCUT2D eigenvalue weighted by Gasteiger charge is 2.20. The third-order valence-electron chi connectivity index (χ3n) is 2.80. The summed E-state index contributed by atoms with van der Waals surface area (Å²) in [4.78, 5) is 16.2. The Morgan fingerprint density at radius 2 is 2.09 bits per heavy atom. The smallest absolute Gasteiger partial charge is 0.238 e. The minimum Gasteiger partial charge on any atom is -0.308 e. The Morgan fingerprint density at radius 3 is 2.73 bits per heavy atom. The lowest BCUT2D eigenvalue weighted by atomic mass is 10.4. The van der Waals surface area contributed by atoms with E-state index in [4.69, 9.17) is 23.2 Å². The first kappa shape index (κ1) is 17.1. The second-order valence-corrected chi connectivity index (χ2v) is 7.00. The van der Waals surface area contributed by atoms with Crippen LogP contribution in [0.4, 0.5) is 5.82 Å². The van der Waals surface area contributed by atoms with Gasteiger partial charge in [-0.2, -0.15) is 0 Å². The van der Waals surface area contributed by atoms with E-state index >= 15 is 0 Å². The molecule has 0 fully saturated rings. The van der Waals surface area contributed by atoms with Gasteiger partial charge in [0.05, 0.1) is 15.3 Å². The first-order valence-electron chi connectivity index (χ1n) is 6.56. The summed E-state index contributed by atoms with van der Waals surface area (Å²) in [6, 6.07) is 1.75. The Balaban J connectivity index is 2.04. The highest BCUT2D eigenvalue weighted by molar-refractivity contribution is 8.00. The molecular weight excluding hydrogens is 345 g/mol. The topological polar surface area (TPSA) is 72.7 Å². The molecule has 0 bridgehead atoms. The minimum absolute atomic E-state index is 0.222. The number of rotatable bonds is 5. The van der Waals surface area contributed by atoms with Gasteiger partial charge < -0.3 is 9.88 Å². The molecule has 0 saturated heterocycles. The van der Waals surface area contributed by atoms with Gasteiger partial charge in [-0.1, -0.05) is 35.0 Å². The Morgan fingerprint density at radius 1 is 1.36 bits per heavy atom. The second kappa shape index (κ2) is 7.30. The molecule has 22 heavy (non-hydrogen) atoms. The van der Waals surface area contributed by atoms with E-state index in [1.54, 1.807) is 13.3 Å². The van der Waals surface area contributed by atoms with Gasteiger partial charge in [0.25, 0.3) is 0 Å². The lowest BCUT2D eigenvalue weighted by molar-refractivity contribution is -0.115. The molecule has 2 aromatic rings. The molecule has 0 aromatic carbocycles. The molecule has 2 rings (SSSR count). The van der Waals surface area contributed by atoms with Gasteiger partial charge >= 0.3 is 0 Å². The van der Waals surface area contributed by atoms with E-state index < -0.39 is 0 Å². The van der Waals surface area contributed by atoms with Gasteiger partial charge in [0.2, 0.25) is 5.91 Å². The lowest BCUT2D eigenvalue weighted by Gasteiger charge is -2.14. The number of hydrogen-bond donors (Lipinski definition) is 1. The number of halogens is 2. The second-order valence-electron chi connectivity index (χ2n) is 4.85. The van der Waals surface area contributed by atoms with Gasteiger partial charge in [-0.15, -0.1) is 10.2 Å². The molecule has 2 aromatic heterocycles. The van der Waals surface area contributed by atoms with Crippen LogP contribution in [0.2, 0.25) is 10.0 Å². The molecule has 118 valence electrons. The molecule has 1 N–H and O–H groups in total. The number of carbonyl (C=O) groups excluding carboxylic acids is 1. The quantitative estimate of drug-likeness (QED) is 0.824. The number of nitrogens with zero attached hydrogens (tertiary/aromatic N) is 4. The van der Waals surface area contributed by atoms with Crippen molar-refractivity contribution in [3.8, 4) is 0 Å². The molecule has 1 atom stereocenters. The third kappa shape index (κ3) is 4.12. The van der Waals surface area contributed by atoms with Crippen LogP contribution in [0.25, 0.3) is 0 Å². The van der Waals surface area contributed by atoms with Crippen molar-refractivity contribution in [1.29, 1.82) is 0 Å². The first-order chi connectivity index (χ1) is 10.4. The van der Waals surface area contributed by atoms with Gasteiger partial charge in [-0.3, -0.25) is 4.79 Å². The third-order valence-corrected chi connectivity index (χ3v) is 4.36. The van der Waals surface area contributed by atoms with Crippen LogP contribution in [0.3, 0.4) is 0 Å². The summed E-state index contributed by atoms with van der Waals surface area (Å²) in [5, 5.41) is 11.6. The van der Waals surface area contributed by atoms with Crippen LogP contribution in [0.15, 0.2) is 23.7 Å². The predicted molar refractivity (Wildman–Crippen MR) is 88.6 cm³/mol. The average molecular weight is 360 g/mol. The molecule has 0 saturated carbocycles. The van der Waals surface area contributed by atoms with Gasteiger partial charge in [0, 0.05) is 12.2 Å². The Labute approximate surface area is 142 Å². The minimum atomic E-state index is -0.379. The number of anilines is 1. The Hall–Kier alpha value is -1.31. The zero-order valence-electron chi connectivity index (χ0n) is 12.2. The molecule has 6 nitrogen and oxygen atoms in total. The number of aromatic nitrogens is 4. The van der Waals surface area contributed by atoms with Gasteiger partial charge in [0.15, 0.2) is 11.0 Å². The van der Waals surface area contributed by atoms with E-state index in [0.29, 0.717) is 15.2 Å². The number of thioether (sulfide) groups is 1. The van der Waals surface area contributed by atoms with E-state index in [-0.39, 0.29) is 23.0 Å². The normalized spacial score (nSPS) is 12.5. The monoisotopic (exact) mass is 359 g/mol. The molecule has 2 heterocycles. The number of pyridine rings is 1. The summed E-state index contributed by atoms with van der Waals surface area (Å²) in [5.41, 5.74) is 0. The number of carbonyl (C=O) groups is 1. The summed E-state index contributed by atoms with van der Waals surface area (Å²) in [6.45, 7) is 5.83. The zero-order valence-corrected chi connectivity index (χ0v) is 14.6. The fourth-order valence-electron chi connectivity index (χ4n) is 1.61. The van der Waals surface area contributed by atoms with Crippen LogP contribution in [-0.2, 0) is 4.79 Å². The van der Waals surface area contributed by atoms with E-state index in [9.17, 15) is 4.79 Å². The summed E-state index contributed by atoms with van der Waals surface area (Å²) < 4.78 is 1.90. The highest BCUT2D eigenvalue weighted by Crippen LogP contribution is 2.26. The van der Waals surface area contributed by atoms with Crippen molar-refractivity contribution in [3.63, 3.8) is 0 Å². The largest absolute Gasteiger partial charge is 0.308 e. The summed E-state index contributed by atoms with van der Waals surface area (Å²) in [6.07, 6.45) is 3.07. The maximum atomic E-state index is 12.2. The SMILES string of the molecule is CC(C)n1cnnc1S[C@@H](C)C(=O)Nc1ncc(Cl)cc1Cl. The molecule has 0 radical (unpaired) electrons. The van der Waals surface area contributed by atoms with Crippen LogP contribution < -0.4 is 5.32 Å². The van der Waals surface area contributed by atoms with Crippen molar-refractivity contribution >= 4 is 46.7 Å². The molecule has 9 heteroatoms. The van der Waals surface area contributed by atoms with E-state index in [0.717, 1.165) is 0 Å². The molecule has 0 aliphatic heterocycles. The summed E-state index contributed by atoms with van der Waals surface area (Å²) in [5.74, 6) is 0.0638. The van der Waals surface area contributed by atoms with Gasteiger partial charge in [-0.05, 0) is 26.8 Å². The van der Waals surface area contributed by atoms with Crippen molar-refractivity contribution in [3.05, 3.63) is 28.6 Å². The predicted octanol–water partition coefficient (Wildman–Crippen LogP) is 3.68. The molecule has 0 spiro atoms. The van der Waals surface area contributed by atoms with Crippen molar-refractivity contribution in [2.75, 3.05) is 5.32 Å². The van der Waals surface area contributed by atoms with Crippen molar-refractivity contribution < 1.29 is 4.79 Å². The van der Waals surface area contributed by atoms with E-state index in [1.807, 2.05) is 18.4 Å². The van der Waals surface area contributed by atoms with Crippen LogP contribution in [0, 0.1) is 0 Å². The number of nitrogens with one attached hydrogen (secondary N) is 1. The fraction of sp³-hybridized carbons (Fsp3) is 0.385.